The van der Waals surface area contributed by atoms with Crippen LogP contribution in [0.3, 0.4) is 0 Å². The Morgan fingerprint density at radius 3 is 2.86 bits per heavy atom. The molecule has 0 radical (unpaired) electrons. The van der Waals surface area contributed by atoms with E-state index in [0.717, 1.165) is 12.8 Å². The predicted octanol–water partition coefficient (Wildman–Crippen LogP) is 1.75. The van der Waals surface area contributed by atoms with Crippen molar-refractivity contribution in [3.05, 3.63) is 0 Å². The smallest absolute Gasteiger partial charge is 0.312 e. The zero-order valence-corrected chi connectivity index (χ0v) is 8.91. The first-order valence-electron chi connectivity index (χ1n) is 5.48. The minimum atomic E-state index is -0.148. The summed E-state index contributed by atoms with van der Waals surface area (Å²) in [6, 6.07) is 0. The van der Waals surface area contributed by atoms with Gasteiger partial charge in [-0.1, -0.05) is 12.8 Å². The molecule has 0 bridgehead atoms. The standard InChI is InChI=1S/C11H18O3/c1-3-14-10(12)9-8-6-4-5-7-11(8,9)13-2/h8-9H,3-7H2,1-2H3/t8-,9+,11+/m0/s1. The summed E-state index contributed by atoms with van der Waals surface area (Å²) in [6.07, 6.45) is 4.56. The first-order chi connectivity index (χ1) is 6.76. The van der Waals surface area contributed by atoms with E-state index in [-0.39, 0.29) is 17.5 Å². The van der Waals surface area contributed by atoms with Crippen LogP contribution in [0, 0.1) is 11.8 Å². The minimum Gasteiger partial charge on any atom is -0.466 e. The molecule has 0 saturated heterocycles. The summed E-state index contributed by atoms with van der Waals surface area (Å²) in [6.45, 7) is 2.32. The van der Waals surface area contributed by atoms with E-state index in [1.165, 1.54) is 12.8 Å². The topological polar surface area (TPSA) is 35.5 Å². The molecule has 2 aliphatic rings. The van der Waals surface area contributed by atoms with Crippen LogP contribution in [-0.4, -0.2) is 25.3 Å². The van der Waals surface area contributed by atoms with Crippen molar-refractivity contribution < 1.29 is 14.3 Å². The third-order valence-electron chi connectivity index (χ3n) is 3.70. The molecule has 0 heterocycles. The molecular weight excluding hydrogens is 180 g/mol. The van der Waals surface area contributed by atoms with E-state index in [1.54, 1.807) is 7.11 Å². The summed E-state index contributed by atoms with van der Waals surface area (Å²) in [4.78, 5) is 11.6. The van der Waals surface area contributed by atoms with Crippen LogP contribution in [0.2, 0.25) is 0 Å². The van der Waals surface area contributed by atoms with Crippen molar-refractivity contribution in [1.82, 2.24) is 0 Å². The van der Waals surface area contributed by atoms with Crippen LogP contribution in [0.25, 0.3) is 0 Å². The highest BCUT2D eigenvalue weighted by Crippen LogP contribution is 2.61. The maximum absolute atomic E-state index is 11.6. The van der Waals surface area contributed by atoms with Gasteiger partial charge in [0.25, 0.3) is 0 Å². The highest BCUT2D eigenvalue weighted by Gasteiger charge is 2.69. The second-order valence-corrected chi connectivity index (χ2v) is 4.24. The number of carbonyl (C=O) groups is 1. The number of methoxy groups -OCH3 is 1. The number of esters is 1. The van der Waals surface area contributed by atoms with Crippen LogP contribution in [0.4, 0.5) is 0 Å². The lowest BCUT2D eigenvalue weighted by Gasteiger charge is -2.19. The first kappa shape index (κ1) is 9.97. The number of hydrogen-bond donors (Lipinski definition) is 0. The maximum atomic E-state index is 11.6. The highest BCUT2D eigenvalue weighted by atomic mass is 16.5. The Labute approximate surface area is 84.8 Å². The quantitative estimate of drug-likeness (QED) is 0.648. The largest absolute Gasteiger partial charge is 0.466 e. The van der Waals surface area contributed by atoms with Crippen LogP contribution < -0.4 is 0 Å². The predicted molar refractivity (Wildman–Crippen MR) is 51.8 cm³/mol. The molecule has 0 unspecified atom stereocenters. The summed E-state index contributed by atoms with van der Waals surface area (Å²) in [5.41, 5.74) is -0.148. The Hall–Kier alpha value is -0.570. The lowest BCUT2D eigenvalue weighted by atomic mass is 9.98. The summed E-state index contributed by atoms with van der Waals surface area (Å²) < 4.78 is 10.6. The summed E-state index contributed by atoms with van der Waals surface area (Å²) in [7, 11) is 1.72. The molecule has 0 amide bonds. The first-order valence-corrected chi connectivity index (χ1v) is 5.48. The molecule has 14 heavy (non-hydrogen) atoms. The van der Waals surface area contributed by atoms with Crippen molar-refractivity contribution in [2.45, 2.75) is 38.2 Å². The highest BCUT2D eigenvalue weighted by molar-refractivity contribution is 5.79. The Morgan fingerprint density at radius 2 is 2.29 bits per heavy atom. The van der Waals surface area contributed by atoms with E-state index in [1.807, 2.05) is 6.92 Å². The average Bonchev–Trinajstić information content (AvgIpc) is 2.87. The van der Waals surface area contributed by atoms with E-state index >= 15 is 0 Å². The second-order valence-electron chi connectivity index (χ2n) is 4.24. The number of carbonyl (C=O) groups excluding carboxylic acids is 1. The van der Waals surface area contributed by atoms with Gasteiger partial charge in [0.15, 0.2) is 0 Å². The molecule has 80 valence electrons. The third-order valence-corrected chi connectivity index (χ3v) is 3.70. The van der Waals surface area contributed by atoms with Crippen LogP contribution in [-0.2, 0) is 14.3 Å². The van der Waals surface area contributed by atoms with Crippen LogP contribution >= 0.6 is 0 Å². The van der Waals surface area contributed by atoms with Gasteiger partial charge in [-0.05, 0) is 19.8 Å². The van der Waals surface area contributed by atoms with Gasteiger partial charge in [-0.15, -0.1) is 0 Å². The van der Waals surface area contributed by atoms with Crippen molar-refractivity contribution >= 4 is 5.97 Å². The number of ether oxygens (including phenoxy) is 2. The number of fused-ring (bicyclic) bond motifs is 1. The normalized spacial score (nSPS) is 40.1. The molecule has 2 rings (SSSR count). The Kier molecular flexibility index (Phi) is 2.52. The number of rotatable bonds is 3. The molecule has 0 aliphatic heterocycles. The molecule has 0 aromatic carbocycles. The van der Waals surface area contributed by atoms with Crippen molar-refractivity contribution in [2.24, 2.45) is 11.8 Å². The van der Waals surface area contributed by atoms with Crippen LogP contribution in [0.1, 0.15) is 32.6 Å². The SMILES string of the molecule is CCOC(=O)[C@H]1[C@@H]2CCCC[C@@]21OC. The van der Waals surface area contributed by atoms with Gasteiger partial charge in [0, 0.05) is 13.0 Å². The zero-order valence-electron chi connectivity index (χ0n) is 8.91. The average molecular weight is 198 g/mol. The van der Waals surface area contributed by atoms with Crippen molar-refractivity contribution in [3.63, 3.8) is 0 Å². The van der Waals surface area contributed by atoms with E-state index in [2.05, 4.69) is 0 Å². The lowest BCUT2D eigenvalue weighted by molar-refractivity contribution is -0.147. The van der Waals surface area contributed by atoms with Crippen molar-refractivity contribution in [2.75, 3.05) is 13.7 Å². The fraction of sp³-hybridized carbons (Fsp3) is 0.909. The molecule has 0 aromatic heterocycles. The fourth-order valence-electron chi connectivity index (χ4n) is 2.99. The van der Waals surface area contributed by atoms with Gasteiger partial charge < -0.3 is 9.47 Å². The zero-order chi connectivity index (χ0) is 10.2. The van der Waals surface area contributed by atoms with Gasteiger partial charge in [0.2, 0.25) is 0 Å². The second kappa shape index (κ2) is 3.54. The van der Waals surface area contributed by atoms with Gasteiger partial charge >= 0.3 is 5.97 Å². The van der Waals surface area contributed by atoms with Gasteiger partial charge in [-0.2, -0.15) is 0 Å². The van der Waals surface area contributed by atoms with Gasteiger partial charge in [-0.25, -0.2) is 0 Å². The Balaban J connectivity index is 2.04. The van der Waals surface area contributed by atoms with Crippen LogP contribution in [0.15, 0.2) is 0 Å². The lowest BCUT2D eigenvalue weighted by Crippen LogP contribution is -2.22. The Bertz CT molecular complexity index is 239. The summed E-state index contributed by atoms with van der Waals surface area (Å²) in [5, 5.41) is 0. The third kappa shape index (κ3) is 1.26. The molecular formula is C11H18O3. The molecule has 0 N–H and O–H groups in total. The molecule has 2 saturated carbocycles. The molecule has 3 nitrogen and oxygen atoms in total. The molecule has 3 atom stereocenters. The van der Waals surface area contributed by atoms with Crippen LogP contribution in [0.5, 0.6) is 0 Å². The van der Waals surface area contributed by atoms with E-state index in [0.29, 0.717) is 12.5 Å². The maximum Gasteiger partial charge on any atom is 0.312 e. The molecule has 3 heteroatoms. The van der Waals surface area contributed by atoms with Gasteiger partial charge in [0.05, 0.1) is 18.1 Å². The van der Waals surface area contributed by atoms with E-state index in [9.17, 15) is 4.79 Å². The van der Waals surface area contributed by atoms with Crippen molar-refractivity contribution in [1.29, 1.82) is 0 Å². The van der Waals surface area contributed by atoms with Gasteiger partial charge in [-0.3, -0.25) is 4.79 Å². The van der Waals surface area contributed by atoms with Gasteiger partial charge in [0.1, 0.15) is 0 Å². The summed E-state index contributed by atoms with van der Waals surface area (Å²) in [5.74, 6) is 0.400. The number of hydrogen-bond acceptors (Lipinski definition) is 3. The van der Waals surface area contributed by atoms with Crippen molar-refractivity contribution in [3.8, 4) is 0 Å². The fourth-order valence-corrected chi connectivity index (χ4v) is 2.99. The molecule has 2 fully saturated rings. The monoisotopic (exact) mass is 198 g/mol. The van der Waals surface area contributed by atoms with E-state index in [4.69, 9.17) is 9.47 Å². The molecule has 0 aromatic rings. The molecule has 2 aliphatic carbocycles. The minimum absolute atomic E-state index is 0.0231. The Morgan fingerprint density at radius 1 is 1.50 bits per heavy atom. The van der Waals surface area contributed by atoms with E-state index < -0.39 is 0 Å². The summed E-state index contributed by atoms with van der Waals surface area (Å²) >= 11 is 0. The molecule has 0 spiro atoms.